The van der Waals surface area contributed by atoms with E-state index in [4.69, 9.17) is 9.15 Å². The van der Waals surface area contributed by atoms with Gasteiger partial charge in [-0.05, 0) is 42.4 Å². The van der Waals surface area contributed by atoms with Gasteiger partial charge in [0.25, 0.3) is 0 Å². The quantitative estimate of drug-likeness (QED) is 0.556. The lowest BCUT2D eigenvalue weighted by Crippen LogP contribution is -2.52. The number of furan rings is 1. The standard InChI is InChI=1S/C19H24O6/c1-10-4-15(22)17-12(8-20)5-13(21)6-14(17)19(10)7-16(25-18(19)23)11-2-3-24-9-11/h2-3,9-10,13-16,20-22H,4-8H2,1H3. The summed E-state index contributed by atoms with van der Waals surface area (Å²) < 4.78 is 10.8. The largest absolute Gasteiger partial charge is 0.472 e. The van der Waals surface area contributed by atoms with E-state index in [1.54, 1.807) is 18.6 Å². The van der Waals surface area contributed by atoms with Gasteiger partial charge in [0.05, 0.1) is 36.8 Å². The molecule has 136 valence electrons. The molecule has 1 spiro atoms. The number of ether oxygens (including phenoxy) is 1. The molecule has 6 atom stereocenters. The molecule has 0 radical (unpaired) electrons. The number of hydrogen-bond donors (Lipinski definition) is 3. The van der Waals surface area contributed by atoms with Crippen molar-refractivity contribution < 1.29 is 29.3 Å². The number of aliphatic hydroxyl groups is 3. The normalized spacial score (nSPS) is 41.1. The molecule has 3 aliphatic rings. The highest BCUT2D eigenvalue weighted by Crippen LogP contribution is 2.60. The molecule has 0 bridgehead atoms. The fraction of sp³-hybridized carbons (Fsp3) is 0.632. The molecular weight excluding hydrogens is 324 g/mol. The van der Waals surface area contributed by atoms with Crippen LogP contribution in [0.2, 0.25) is 0 Å². The van der Waals surface area contributed by atoms with Crippen LogP contribution >= 0.6 is 0 Å². The Morgan fingerprint density at radius 3 is 2.80 bits per heavy atom. The first-order valence-electron chi connectivity index (χ1n) is 8.89. The van der Waals surface area contributed by atoms with Crippen molar-refractivity contribution >= 4 is 5.97 Å². The van der Waals surface area contributed by atoms with Gasteiger partial charge in [0.2, 0.25) is 0 Å². The lowest BCUT2D eigenvalue weighted by atomic mass is 9.53. The van der Waals surface area contributed by atoms with Crippen LogP contribution in [-0.2, 0) is 9.53 Å². The third-order valence-electron chi connectivity index (χ3n) is 6.47. The second kappa shape index (κ2) is 5.97. The maximum Gasteiger partial charge on any atom is 0.313 e. The van der Waals surface area contributed by atoms with Crippen LogP contribution < -0.4 is 0 Å². The van der Waals surface area contributed by atoms with Crippen LogP contribution in [-0.4, -0.2) is 40.1 Å². The zero-order chi connectivity index (χ0) is 17.8. The van der Waals surface area contributed by atoms with E-state index in [0.29, 0.717) is 31.3 Å². The van der Waals surface area contributed by atoms with Crippen molar-refractivity contribution in [1.82, 2.24) is 0 Å². The molecule has 1 saturated carbocycles. The molecule has 6 unspecified atom stereocenters. The van der Waals surface area contributed by atoms with Crippen molar-refractivity contribution in [2.75, 3.05) is 6.61 Å². The van der Waals surface area contributed by atoms with Crippen molar-refractivity contribution in [2.45, 2.75) is 50.9 Å². The molecule has 2 heterocycles. The molecule has 0 aromatic carbocycles. The Hall–Kier alpha value is -1.63. The monoisotopic (exact) mass is 348 g/mol. The van der Waals surface area contributed by atoms with Crippen LogP contribution in [0.1, 0.15) is 44.3 Å². The van der Waals surface area contributed by atoms with E-state index in [1.807, 2.05) is 6.92 Å². The highest BCUT2D eigenvalue weighted by Gasteiger charge is 2.62. The van der Waals surface area contributed by atoms with Crippen LogP contribution in [0.3, 0.4) is 0 Å². The SMILES string of the molecule is CC1CC(O)C2=C(CO)CC(O)CC2C12CC(c1ccoc1)OC2=O. The molecule has 4 rings (SSSR count). The van der Waals surface area contributed by atoms with Gasteiger partial charge in [-0.2, -0.15) is 0 Å². The van der Waals surface area contributed by atoms with E-state index >= 15 is 0 Å². The predicted molar refractivity (Wildman–Crippen MR) is 87.2 cm³/mol. The summed E-state index contributed by atoms with van der Waals surface area (Å²) in [4.78, 5) is 13.0. The molecule has 6 heteroatoms. The fourth-order valence-electron chi connectivity index (χ4n) is 5.26. The molecule has 2 fully saturated rings. The van der Waals surface area contributed by atoms with Gasteiger partial charge in [-0.3, -0.25) is 4.79 Å². The number of fused-ring (bicyclic) bond motifs is 2. The van der Waals surface area contributed by atoms with Gasteiger partial charge in [0.15, 0.2) is 0 Å². The van der Waals surface area contributed by atoms with Gasteiger partial charge < -0.3 is 24.5 Å². The van der Waals surface area contributed by atoms with Crippen LogP contribution in [0.5, 0.6) is 0 Å². The van der Waals surface area contributed by atoms with E-state index in [-0.39, 0.29) is 30.5 Å². The Bertz CT molecular complexity index is 693. The van der Waals surface area contributed by atoms with E-state index in [9.17, 15) is 20.1 Å². The summed E-state index contributed by atoms with van der Waals surface area (Å²) in [5, 5.41) is 30.7. The van der Waals surface area contributed by atoms with Gasteiger partial charge in [-0.25, -0.2) is 0 Å². The van der Waals surface area contributed by atoms with Gasteiger partial charge in [0.1, 0.15) is 6.10 Å². The molecule has 1 aromatic heterocycles. The summed E-state index contributed by atoms with van der Waals surface area (Å²) >= 11 is 0. The van der Waals surface area contributed by atoms with Crippen molar-refractivity contribution in [2.24, 2.45) is 17.3 Å². The molecule has 25 heavy (non-hydrogen) atoms. The van der Waals surface area contributed by atoms with Crippen molar-refractivity contribution in [1.29, 1.82) is 0 Å². The Morgan fingerprint density at radius 1 is 1.32 bits per heavy atom. The van der Waals surface area contributed by atoms with Gasteiger partial charge in [-0.15, -0.1) is 0 Å². The molecule has 2 aliphatic carbocycles. The van der Waals surface area contributed by atoms with E-state index in [2.05, 4.69) is 0 Å². The third-order valence-corrected chi connectivity index (χ3v) is 6.47. The van der Waals surface area contributed by atoms with E-state index in [0.717, 1.165) is 11.1 Å². The number of rotatable bonds is 2. The maximum atomic E-state index is 13.0. The molecule has 3 N–H and O–H groups in total. The minimum atomic E-state index is -0.779. The lowest BCUT2D eigenvalue weighted by Gasteiger charge is -2.50. The summed E-state index contributed by atoms with van der Waals surface area (Å²) in [5.41, 5.74) is 1.46. The highest BCUT2D eigenvalue weighted by atomic mass is 16.6. The van der Waals surface area contributed by atoms with Gasteiger partial charge in [-0.1, -0.05) is 6.92 Å². The van der Waals surface area contributed by atoms with Gasteiger partial charge >= 0.3 is 5.97 Å². The highest BCUT2D eigenvalue weighted by molar-refractivity contribution is 5.81. The number of hydrogen-bond acceptors (Lipinski definition) is 6. The van der Waals surface area contributed by atoms with Crippen molar-refractivity contribution in [3.63, 3.8) is 0 Å². The fourth-order valence-corrected chi connectivity index (χ4v) is 5.26. The summed E-state index contributed by atoms with van der Waals surface area (Å²) in [6.07, 6.45) is 3.19. The number of carbonyl (C=O) groups excluding carboxylic acids is 1. The molecule has 1 aromatic rings. The summed E-state index contributed by atoms with van der Waals surface area (Å²) in [7, 11) is 0. The number of carbonyl (C=O) groups is 1. The number of cyclic esters (lactones) is 1. The van der Waals surface area contributed by atoms with Crippen molar-refractivity contribution in [3.8, 4) is 0 Å². The van der Waals surface area contributed by atoms with Crippen molar-refractivity contribution in [3.05, 3.63) is 35.3 Å². The molecule has 1 aliphatic heterocycles. The number of esters is 1. The molecular formula is C19H24O6. The Labute approximate surface area is 146 Å². The first-order valence-corrected chi connectivity index (χ1v) is 8.89. The minimum absolute atomic E-state index is 0.0779. The predicted octanol–water partition coefficient (Wildman–Crippen LogP) is 1.71. The zero-order valence-electron chi connectivity index (χ0n) is 14.2. The zero-order valence-corrected chi connectivity index (χ0v) is 14.2. The second-order valence-corrected chi connectivity index (χ2v) is 7.71. The smallest absolute Gasteiger partial charge is 0.313 e. The third kappa shape index (κ3) is 2.39. The Kier molecular flexibility index (Phi) is 4.02. The Balaban J connectivity index is 1.78. The van der Waals surface area contributed by atoms with Crippen LogP contribution in [0.4, 0.5) is 0 Å². The topological polar surface area (TPSA) is 100 Å². The summed E-state index contributed by atoms with van der Waals surface area (Å²) in [6.45, 7) is 1.77. The minimum Gasteiger partial charge on any atom is -0.472 e. The number of aliphatic hydroxyl groups excluding tert-OH is 3. The maximum absolute atomic E-state index is 13.0. The summed E-state index contributed by atoms with van der Waals surface area (Å²) in [6, 6.07) is 1.80. The average Bonchev–Trinajstić information content (AvgIpc) is 3.20. The Morgan fingerprint density at radius 2 is 2.12 bits per heavy atom. The lowest BCUT2D eigenvalue weighted by molar-refractivity contribution is -0.157. The van der Waals surface area contributed by atoms with Crippen LogP contribution in [0, 0.1) is 17.3 Å². The van der Waals surface area contributed by atoms with Crippen LogP contribution in [0.25, 0.3) is 0 Å². The first-order chi connectivity index (χ1) is 12.0. The summed E-state index contributed by atoms with van der Waals surface area (Å²) in [5.74, 6) is -0.653. The van der Waals surface area contributed by atoms with E-state index in [1.165, 1.54) is 0 Å². The average molecular weight is 348 g/mol. The van der Waals surface area contributed by atoms with Gasteiger partial charge in [0, 0.05) is 17.9 Å². The molecule has 1 saturated heterocycles. The second-order valence-electron chi connectivity index (χ2n) is 7.71. The van der Waals surface area contributed by atoms with E-state index < -0.39 is 17.6 Å². The molecule has 0 amide bonds. The first kappa shape index (κ1) is 16.8. The van der Waals surface area contributed by atoms with Crippen LogP contribution in [0.15, 0.2) is 34.2 Å². The molecule has 6 nitrogen and oxygen atoms in total.